The maximum atomic E-state index is 13.9. The summed E-state index contributed by atoms with van der Waals surface area (Å²) in [4.78, 5) is 34.9. The summed E-state index contributed by atoms with van der Waals surface area (Å²) in [7, 11) is 0. The molecule has 300 valence electrons. The number of piperazine rings is 2. The van der Waals surface area contributed by atoms with Gasteiger partial charge in [-0.15, -0.1) is 0 Å². The van der Waals surface area contributed by atoms with Gasteiger partial charge in [0, 0.05) is 77.6 Å². The Kier molecular flexibility index (Phi) is 12.8. The van der Waals surface area contributed by atoms with Crippen LogP contribution >= 0.6 is 46.4 Å². The molecule has 1 aromatic heterocycles. The number of nitrogens with zero attached hydrogens (tertiary/aromatic N) is 8. The third kappa shape index (κ3) is 8.77. The van der Waals surface area contributed by atoms with E-state index in [1.165, 1.54) is 9.80 Å². The molecule has 3 heterocycles. The average molecular weight is 867 g/mol. The van der Waals surface area contributed by atoms with E-state index in [9.17, 15) is 25.2 Å². The van der Waals surface area contributed by atoms with Crippen molar-refractivity contribution in [2.75, 3.05) is 52.4 Å². The molecule has 0 aliphatic carbocycles. The van der Waals surface area contributed by atoms with Gasteiger partial charge >= 0.3 is 0 Å². The molecule has 0 radical (unpaired) electrons. The van der Waals surface area contributed by atoms with Gasteiger partial charge in [-0.05, 0) is 75.7 Å². The van der Waals surface area contributed by atoms with Crippen molar-refractivity contribution >= 4 is 69.6 Å². The Balaban J connectivity index is 1.05. The van der Waals surface area contributed by atoms with Crippen LogP contribution in [-0.4, -0.2) is 111 Å². The zero-order valence-corrected chi connectivity index (χ0v) is 33.7. The lowest BCUT2D eigenvalue weighted by atomic mass is 9.96. The second kappa shape index (κ2) is 18.1. The highest BCUT2D eigenvalue weighted by atomic mass is 35.5. The minimum atomic E-state index is -0.820. The largest absolute Gasteiger partial charge is 0.410 e. The molecule has 0 unspecified atom stereocenters. The van der Waals surface area contributed by atoms with Crippen molar-refractivity contribution in [3.63, 3.8) is 0 Å². The average Bonchev–Trinajstić information content (AvgIpc) is 3.61. The van der Waals surface area contributed by atoms with Crippen LogP contribution in [0.5, 0.6) is 0 Å². The maximum Gasteiger partial charge on any atom is 0.285 e. The summed E-state index contributed by atoms with van der Waals surface area (Å²) in [6.07, 6.45) is 0. The Bertz CT molecular complexity index is 2200. The molecule has 58 heavy (non-hydrogen) atoms. The van der Waals surface area contributed by atoms with Crippen LogP contribution in [0.4, 0.5) is 0 Å². The Morgan fingerprint density at radius 2 is 0.879 bits per heavy atom. The van der Waals surface area contributed by atoms with Crippen LogP contribution in [0.25, 0.3) is 0 Å². The van der Waals surface area contributed by atoms with E-state index in [-0.39, 0.29) is 43.2 Å². The maximum absolute atomic E-state index is 13.9. The number of hydrogen-bond donors (Lipinski definition) is 2. The van der Waals surface area contributed by atoms with E-state index in [0.717, 1.165) is 22.3 Å². The van der Waals surface area contributed by atoms with Crippen molar-refractivity contribution in [3.8, 4) is 0 Å². The van der Waals surface area contributed by atoms with Crippen molar-refractivity contribution < 1.29 is 29.5 Å². The van der Waals surface area contributed by atoms with E-state index < -0.39 is 34.6 Å². The third-order valence-corrected chi connectivity index (χ3v) is 11.4. The van der Waals surface area contributed by atoms with Gasteiger partial charge < -0.3 is 25.4 Å². The molecule has 0 spiro atoms. The predicted octanol–water partition coefficient (Wildman–Crippen LogP) is 6.15. The SMILES string of the molecule is O=C(/C(=N\O)c1no[n+]([O-])c1/C(=N/O)C(=O)N1CCN(C(c2ccc(Cl)cc2)c2ccc(Cl)cc2)CC1)N1CCN(C(c2ccc(Cl)cc2)c2ccc(Cl)cc2)CC1. The molecule has 2 aliphatic rings. The third-order valence-electron chi connectivity index (χ3n) is 10.3. The standard InChI is InChI=1S/C40H36Cl4N8O6/c41-29-9-1-25(2-10-29)36(26-3-11-30(42)12-4-26)48-17-21-50(22-18-48)39(53)34(45-55)33-38(52(57)58-47-33)35(46-56)40(54)51-23-19-49(20-24-51)37(27-5-13-31(43)14-6-27)28-7-15-32(44)16-8-28/h1-16,36-37,55-56H,17-24H2/b45-34-,46-35-. The smallest absolute Gasteiger partial charge is 0.285 e. The lowest BCUT2D eigenvalue weighted by molar-refractivity contribution is -0.803. The zero-order chi connectivity index (χ0) is 40.9. The number of hydrogen-bond acceptors (Lipinski definition) is 11. The Morgan fingerprint density at radius 3 is 1.19 bits per heavy atom. The highest BCUT2D eigenvalue weighted by Crippen LogP contribution is 2.33. The van der Waals surface area contributed by atoms with Gasteiger partial charge in [0.1, 0.15) is 0 Å². The van der Waals surface area contributed by atoms with Gasteiger partial charge in [0.05, 0.1) is 12.1 Å². The minimum Gasteiger partial charge on any atom is -0.410 e. The molecule has 14 nitrogen and oxygen atoms in total. The number of oxime groups is 2. The number of carbonyl (C=O) groups excluding carboxylic acids is 2. The molecule has 2 N–H and O–H groups in total. The molecular weight excluding hydrogens is 830 g/mol. The van der Waals surface area contributed by atoms with Gasteiger partial charge in [-0.2, -0.15) is 0 Å². The molecule has 0 atom stereocenters. The first-order valence-electron chi connectivity index (χ1n) is 18.2. The van der Waals surface area contributed by atoms with Crippen molar-refractivity contribution in [3.05, 3.63) is 156 Å². The summed E-state index contributed by atoms with van der Waals surface area (Å²) in [5.41, 5.74) is 1.30. The van der Waals surface area contributed by atoms with Crippen molar-refractivity contribution in [1.82, 2.24) is 24.8 Å². The fourth-order valence-corrected chi connectivity index (χ4v) is 7.96. The number of aromatic nitrogens is 2. The van der Waals surface area contributed by atoms with E-state index in [2.05, 4.69) is 25.3 Å². The van der Waals surface area contributed by atoms with E-state index in [1.807, 2.05) is 97.1 Å². The van der Waals surface area contributed by atoms with E-state index in [4.69, 9.17) is 51.0 Å². The number of amides is 2. The van der Waals surface area contributed by atoms with Crippen LogP contribution < -0.4 is 4.90 Å². The first-order chi connectivity index (χ1) is 28.1. The molecule has 2 saturated heterocycles. The summed E-state index contributed by atoms with van der Waals surface area (Å²) in [5.74, 6) is -1.60. The van der Waals surface area contributed by atoms with Crippen LogP contribution in [0.3, 0.4) is 0 Å². The number of benzene rings is 4. The molecule has 0 saturated carbocycles. The molecule has 4 aromatic carbocycles. The highest BCUT2D eigenvalue weighted by Gasteiger charge is 2.41. The van der Waals surface area contributed by atoms with Crippen molar-refractivity contribution in [2.24, 2.45) is 10.3 Å². The first-order valence-corrected chi connectivity index (χ1v) is 19.7. The van der Waals surface area contributed by atoms with Crippen LogP contribution in [0.15, 0.2) is 112 Å². The monoisotopic (exact) mass is 864 g/mol. The second-order valence-electron chi connectivity index (χ2n) is 13.7. The summed E-state index contributed by atoms with van der Waals surface area (Å²) in [6, 6.07) is 29.7. The molecule has 18 heteroatoms. The first kappa shape index (κ1) is 41.0. The van der Waals surface area contributed by atoms with Crippen LogP contribution in [0, 0.1) is 5.21 Å². The fourth-order valence-electron chi connectivity index (χ4n) is 7.46. The van der Waals surface area contributed by atoms with Crippen molar-refractivity contribution in [2.45, 2.75) is 12.1 Å². The molecule has 7 rings (SSSR count). The van der Waals surface area contributed by atoms with Gasteiger partial charge in [0.25, 0.3) is 23.2 Å². The molecule has 5 aromatic rings. The Morgan fingerprint density at radius 1 is 0.569 bits per heavy atom. The summed E-state index contributed by atoms with van der Waals surface area (Å²) in [6.45, 7) is 2.42. The second-order valence-corrected chi connectivity index (χ2v) is 15.4. The number of halogens is 4. The van der Waals surface area contributed by atoms with Gasteiger partial charge in [0.2, 0.25) is 11.4 Å². The normalized spacial score (nSPS) is 16.0. The van der Waals surface area contributed by atoms with Crippen LogP contribution in [0.1, 0.15) is 45.7 Å². The molecule has 2 fully saturated rings. The van der Waals surface area contributed by atoms with Gasteiger partial charge in [-0.1, -0.05) is 105 Å². The van der Waals surface area contributed by atoms with Gasteiger partial charge in [-0.25, -0.2) is 0 Å². The lowest BCUT2D eigenvalue weighted by Gasteiger charge is -2.39. The van der Waals surface area contributed by atoms with E-state index >= 15 is 0 Å². The van der Waals surface area contributed by atoms with Gasteiger partial charge in [0.15, 0.2) is 0 Å². The topological polar surface area (TPSA) is 165 Å². The number of rotatable bonds is 10. The summed E-state index contributed by atoms with van der Waals surface area (Å²) >= 11 is 24.7. The summed E-state index contributed by atoms with van der Waals surface area (Å²) in [5, 5.41) is 45.7. The quantitative estimate of drug-likeness (QED) is 0.0726. The van der Waals surface area contributed by atoms with Crippen LogP contribution in [0.2, 0.25) is 20.1 Å². The fraction of sp³-hybridized carbons (Fsp3) is 0.250. The van der Waals surface area contributed by atoms with E-state index in [0.29, 0.717) is 46.3 Å². The van der Waals surface area contributed by atoms with Crippen LogP contribution in [-0.2, 0) is 9.59 Å². The lowest BCUT2D eigenvalue weighted by Crippen LogP contribution is -2.53. The van der Waals surface area contributed by atoms with Gasteiger partial charge in [-0.3, -0.25) is 24.0 Å². The number of carbonyl (C=O) groups is 2. The minimum absolute atomic E-state index is 0.158. The van der Waals surface area contributed by atoms with Crippen molar-refractivity contribution in [1.29, 1.82) is 0 Å². The molecule has 0 bridgehead atoms. The molecule has 2 amide bonds. The predicted molar refractivity (Wildman–Crippen MR) is 218 cm³/mol. The highest BCUT2D eigenvalue weighted by molar-refractivity contribution is 6.50. The Labute approximate surface area is 353 Å². The molecular formula is C40H36Cl4N8O6. The van der Waals surface area contributed by atoms with E-state index in [1.54, 1.807) is 0 Å². The Hall–Kier alpha value is -5.22. The molecule has 2 aliphatic heterocycles. The zero-order valence-electron chi connectivity index (χ0n) is 30.7. The summed E-state index contributed by atoms with van der Waals surface area (Å²) < 4.78 is 4.79.